The summed E-state index contributed by atoms with van der Waals surface area (Å²) in [4.78, 5) is 13.0. The zero-order chi connectivity index (χ0) is 15.6. The lowest BCUT2D eigenvalue weighted by Gasteiger charge is -2.36. The average Bonchev–Trinajstić information content (AvgIpc) is 3.07. The molecule has 1 spiro atoms. The predicted octanol–water partition coefficient (Wildman–Crippen LogP) is 2.36. The summed E-state index contributed by atoms with van der Waals surface area (Å²) >= 11 is 5.26. The first-order valence-electron chi connectivity index (χ1n) is 7.18. The number of anilines is 1. The van der Waals surface area contributed by atoms with E-state index in [4.69, 9.17) is 12.2 Å². The molecule has 5 rings (SSSR count). The van der Waals surface area contributed by atoms with E-state index < -0.39 is 5.54 Å². The number of H-pyrrole nitrogens is 1. The van der Waals surface area contributed by atoms with Gasteiger partial charge in [-0.1, -0.05) is 48.5 Å². The second kappa shape index (κ2) is 4.08. The van der Waals surface area contributed by atoms with E-state index in [1.165, 1.54) is 0 Å². The van der Waals surface area contributed by atoms with Crippen LogP contribution < -0.4 is 10.7 Å². The number of fused-ring (bicyclic) bond motifs is 6. The molecular weight excluding hydrogens is 310 g/mol. The quantitative estimate of drug-likeness (QED) is 0.556. The third-order valence-corrected chi connectivity index (χ3v) is 4.74. The van der Waals surface area contributed by atoms with E-state index in [1.54, 1.807) is 4.68 Å². The van der Waals surface area contributed by atoms with Crippen LogP contribution in [0.1, 0.15) is 11.1 Å². The van der Waals surface area contributed by atoms with E-state index in [2.05, 4.69) is 20.9 Å². The summed E-state index contributed by atoms with van der Waals surface area (Å²) in [5, 5.41) is 9.56. The highest BCUT2D eigenvalue weighted by molar-refractivity contribution is 7.71. The number of nitrogens with zero attached hydrogens (tertiary/aromatic N) is 2. The molecule has 0 fully saturated rings. The Morgan fingerprint density at radius 2 is 1.61 bits per heavy atom. The van der Waals surface area contributed by atoms with Gasteiger partial charge in [-0.3, -0.25) is 15.5 Å². The number of hydrogen-bond acceptors (Lipinski definition) is 4. The second-order valence-corrected chi connectivity index (χ2v) is 5.98. The molecule has 0 saturated carbocycles. The van der Waals surface area contributed by atoms with Crippen LogP contribution in [0.3, 0.4) is 0 Å². The van der Waals surface area contributed by atoms with E-state index in [9.17, 15) is 4.79 Å². The van der Waals surface area contributed by atoms with Crippen LogP contribution in [0.15, 0.2) is 48.5 Å². The van der Waals surface area contributed by atoms with Crippen molar-refractivity contribution >= 4 is 24.1 Å². The first-order valence-corrected chi connectivity index (χ1v) is 7.59. The number of rotatable bonds is 0. The molecule has 2 aliphatic rings. The SMILES string of the molecule is O=C1Nc2n[nH]c(=S)n2NC12c1ccccc1-c1ccccc12. The summed E-state index contributed by atoms with van der Waals surface area (Å²) in [5.74, 6) is 0.198. The van der Waals surface area contributed by atoms with Crippen molar-refractivity contribution in [3.8, 4) is 11.1 Å². The summed E-state index contributed by atoms with van der Waals surface area (Å²) in [5.41, 5.74) is 6.19. The summed E-state index contributed by atoms with van der Waals surface area (Å²) in [6.45, 7) is 0. The molecule has 1 aliphatic carbocycles. The summed E-state index contributed by atoms with van der Waals surface area (Å²) in [7, 11) is 0. The minimum absolute atomic E-state index is 0.170. The fourth-order valence-corrected chi connectivity index (χ4v) is 3.68. The molecule has 6 nitrogen and oxygen atoms in total. The lowest BCUT2D eigenvalue weighted by molar-refractivity contribution is -0.120. The highest BCUT2D eigenvalue weighted by Crippen LogP contribution is 2.49. The molecule has 2 aromatic carbocycles. The Morgan fingerprint density at radius 1 is 1.00 bits per heavy atom. The van der Waals surface area contributed by atoms with Crippen LogP contribution in [0.25, 0.3) is 11.1 Å². The molecular formula is C16H11N5OS. The number of carbonyl (C=O) groups is 1. The molecule has 23 heavy (non-hydrogen) atoms. The van der Waals surface area contributed by atoms with E-state index in [0.29, 0.717) is 10.7 Å². The standard InChI is InChI=1S/C16H11N5OS/c22-13-16(20-21-14(17-13)18-19-15(21)23)11-7-3-1-5-9(11)10-6-2-4-8-12(10)16/h1-8,20H,(H,19,23)(H,17,18,22). The maximum Gasteiger partial charge on any atom is 0.263 e. The van der Waals surface area contributed by atoms with Crippen LogP contribution in [0.4, 0.5) is 5.95 Å². The summed E-state index contributed by atoms with van der Waals surface area (Å²) in [6, 6.07) is 15.8. The van der Waals surface area contributed by atoms with Crippen molar-refractivity contribution in [1.82, 2.24) is 14.9 Å². The lowest BCUT2D eigenvalue weighted by atomic mass is 9.86. The lowest BCUT2D eigenvalue weighted by Crippen LogP contribution is -2.54. The topological polar surface area (TPSA) is 74.7 Å². The van der Waals surface area contributed by atoms with Crippen molar-refractivity contribution in [2.75, 3.05) is 10.7 Å². The van der Waals surface area contributed by atoms with Gasteiger partial charge in [0, 0.05) is 11.1 Å². The Labute approximate surface area is 136 Å². The molecule has 112 valence electrons. The average molecular weight is 321 g/mol. The third-order valence-electron chi connectivity index (χ3n) is 4.47. The van der Waals surface area contributed by atoms with Crippen LogP contribution in [0.2, 0.25) is 0 Å². The van der Waals surface area contributed by atoms with Crippen molar-refractivity contribution in [1.29, 1.82) is 0 Å². The van der Waals surface area contributed by atoms with Gasteiger partial charge in [0.05, 0.1) is 0 Å². The molecule has 7 heteroatoms. The molecule has 3 aromatic rings. The van der Waals surface area contributed by atoms with Gasteiger partial charge in [0.2, 0.25) is 10.7 Å². The van der Waals surface area contributed by atoms with E-state index in [0.717, 1.165) is 22.3 Å². The van der Waals surface area contributed by atoms with Crippen molar-refractivity contribution in [2.45, 2.75) is 5.54 Å². The molecule has 0 unspecified atom stereocenters. The molecule has 1 amide bonds. The minimum Gasteiger partial charge on any atom is -0.296 e. The molecule has 0 radical (unpaired) electrons. The number of hydrogen-bond donors (Lipinski definition) is 3. The van der Waals surface area contributed by atoms with E-state index in [-0.39, 0.29) is 5.91 Å². The molecule has 0 saturated heterocycles. The smallest absolute Gasteiger partial charge is 0.263 e. The fourth-order valence-electron chi connectivity index (χ4n) is 3.50. The van der Waals surface area contributed by atoms with Gasteiger partial charge in [-0.15, -0.1) is 5.10 Å². The van der Waals surface area contributed by atoms with Gasteiger partial charge in [-0.25, -0.2) is 5.10 Å². The summed E-state index contributed by atoms with van der Waals surface area (Å²) < 4.78 is 2.01. The Balaban J connectivity index is 1.88. The Bertz CT molecular complexity index is 989. The van der Waals surface area contributed by atoms with E-state index >= 15 is 0 Å². The molecule has 1 aliphatic heterocycles. The Morgan fingerprint density at radius 3 is 2.26 bits per heavy atom. The predicted molar refractivity (Wildman–Crippen MR) is 88.1 cm³/mol. The zero-order valence-corrected chi connectivity index (χ0v) is 12.6. The largest absolute Gasteiger partial charge is 0.296 e. The number of amides is 1. The Kier molecular flexibility index (Phi) is 2.23. The van der Waals surface area contributed by atoms with Crippen LogP contribution >= 0.6 is 12.2 Å². The van der Waals surface area contributed by atoms with Crippen molar-refractivity contribution < 1.29 is 4.79 Å². The maximum atomic E-state index is 13.0. The number of aromatic amines is 1. The van der Waals surface area contributed by atoms with Gasteiger partial charge in [0.25, 0.3) is 5.91 Å². The molecule has 1 aromatic heterocycles. The zero-order valence-electron chi connectivity index (χ0n) is 11.8. The van der Waals surface area contributed by atoms with Gasteiger partial charge in [-0.2, -0.15) is 4.68 Å². The van der Waals surface area contributed by atoms with Gasteiger partial charge < -0.3 is 0 Å². The van der Waals surface area contributed by atoms with Crippen molar-refractivity contribution in [3.05, 3.63) is 64.4 Å². The normalized spacial score (nSPS) is 16.3. The highest BCUT2D eigenvalue weighted by atomic mass is 32.1. The number of aromatic nitrogens is 3. The maximum absolute atomic E-state index is 13.0. The van der Waals surface area contributed by atoms with Crippen LogP contribution in [-0.2, 0) is 10.3 Å². The highest BCUT2D eigenvalue weighted by Gasteiger charge is 2.52. The van der Waals surface area contributed by atoms with E-state index in [1.807, 2.05) is 48.5 Å². The second-order valence-electron chi connectivity index (χ2n) is 5.59. The number of carbonyl (C=O) groups excluding carboxylic acids is 1. The van der Waals surface area contributed by atoms with Gasteiger partial charge in [-0.05, 0) is 23.3 Å². The first-order chi connectivity index (χ1) is 11.2. The van der Waals surface area contributed by atoms with Crippen LogP contribution in [0, 0.1) is 4.77 Å². The first kappa shape index (κ1) is 12.6. The Hall–Kier alpha value is -2.93. The third kappa shape index (κ3) is 1.40. The minimum atomic E-state index is -1.01. The van der Waals surface area contributed by atoms with Gasteiger partial charge >= 0.3 is 0 Å². The number of benzene rings is 2. The number of nitrogens with one attached hydrogen (secondary N) is 3. The van der Waals surface area contributed by atoms with Crippen LogP contribution in [0.5, 0.6) is 0 Å². The monoisotopic (exact) mass is 321 g/mol. The fraction of sp³-hybridized carbons (Fsp3) is 0.0625. The molecule has 2 heterocycles. The van der Waals surface area contributed by atoms with Gasteiger partial charge in [0.15, 0.2) is 5.54 Å². The van der Waals surface area contributed by atoms with Crippen molar-refractivity contribution in [3.63, 3.8) is 0 Å². The molecule has 3 N–H and O–H groups in total. The van der Waals surface area contributed by atoms with Gasteiger partial charge in [0.1, 0.15) is 0 Å². The van der Waals surface area contributed by atoms with Crippen molar-refractivity contribution in [2.24, 2.45) is 0 Å². The summed E-state index contributed by atoms with van der Waals surface area (Å²) in [6.07, 6.45) is 0. The van der Waals surface area contributed by atoms with Crippen LogP contribution in [-0.4, -0.2) is 20.8 Å². The molecule has 0 atom stereocenters. The molecule has 0 bridgehead atoms.